The van der Waals surface area contributed by atoms with Crippen LogP contribution in [0.2, 0.25) is 13.1 Å². The molecule has 0 aromatic heterocycles. The molecule has 3 heterocycles. The van der Waals surface area contributed by atoms with Crippen molar-refractivity contribution in [3.8, 4) is 0 Å². The molecule has 2 amide bonds. The Balaban J connectivity index is 1.59. The Labute approximate surface area is 239 Å². The molecule has 1 spiro atoms. The Kier molecular flexibility index (Phi) is 5.90. The molecule has 9 nitrogen and oxygen atoms in total. The van der Waals surface area contributed by atoms with E-state index in [-0.39, 0.29) is 18.4 Å². The van der Waals surface area contributed by atoms with E-state index in [4.69, 9.17) is 9.57 Å². The maximum atomic E-state index is 13.5. The van der Waals surface area contributed by atoms with Crippen LogP contribution in [0.3, 0.4) is 0 Å². The Morgan fingerprint density at radius 1 is 0.805 bits per heavy atom. The number of amides is 2. The van der Waals surface area contributed by atoms with Gasteiger partial charge in [0.05, 0.1) is 11.1 Å². The lowest BCUT2D eigenvalue weighted by atomic mass is 9.78. The first-order valence-electron chi connectivity index (χ1n) is 13.5. The van der Waals surface area contributed by atoms with Gasteiger partial charge in [-0.05, 0) is 52.8 Å². The van der Waals surface area contributed by atoms with Crippen LogP contribution < -0.4 is 20.2 Å². The van der Waals surface area contributed by atoms with Crippen LogP contribution >= 0.6 is 0 Å². The maximum absolute atomic E-state index is 13.5. The first-order valence-corrected chi connectivity index (χ1v) is 16.5. The van der Waals surface area contributed by atoms with Crippen molar-refractivity contribution >= 4 is 53.6 Å². The Hall–Kier alpha value is -4.44. The standard InChI is InChI=1S/C31H31N3O6Si/c1-32(2)19-8-11-22-25(16-19)41(5,6)26-17-20(33(3)4)9-12-23(26)31(22)24-15-18(7-10-21(24)30(38)39-31)29(37)40-34-27(35)13-14-28(34)36/h7-12,15-17H,13-14H2,1-6H3. The van der Waals surface area contributed by atoms with Gasteiger partial charge in [-0.2, -0.15) is 0 Å². The summed E-state index contributed by atoms with van der Waals surface area (Å²) in [5.74, 6) is -2.47. The van der Waals surface area contributed by atoms with E-state index < -0.39 is 37.4 Å². The van der Waals surface area contributed by atoms with Crippen LogP contribution in [0.15, 0.2) is 54.6 Å². The maximum Gasteiger partial charge on any atom is 0.363 e. The summed E-state index contributed by atoms with van der Waals surface area (Å²) >= 11 is 0. The molecule has 0 radical (unpaired) electrons. The fraction of sp³-hybridized carbons (Fsp3) is 0.290. The number of fused-ring (bicyclic) bond motifs is 6. The highest BCUT2D eigenvalue weighted by molar-refractivity contribution is 7.01. The summed E-state index contributed by atoms with van der Waals surface area (Å²) in [6.45, 7) is 4.60. The zero-order valence-electron chi connectivity index (χ0n) is 23.9. The molecule has 3 aromatic carbocycles. The molecule has 3 aliphatic heterocycles. The molecule has 1 fully saturated rings. The molecule has 210 valence electrons. The van der Waals surface area contributed by atoms with Gasteiger partial charge in [-0.15, -0.1) is 5.06 Å². The first-order chi connectivity index (χ1) is 19.4. The fourth-order valence-corrected chi connectivity index (χ4v) is 9.32. The van der Waals surface area contributed by atoms with Gasteiger partial charge in [0.2, 0.25) is 0 Å². The number of hydroxylamine groups is 2. The molecule has 1 saturated heterocycles. The van der Waals surface area contributed by atoms with E-state index in [2.05, 4.69) is 25.2 Å². The van der Waals surface area contributed by atoms with Gasteiger partial charge in [0.15, 0.2) is 5.60 Å². The van der Waals surface area contributed by atoms with Gasteiger partial charge in [0, 0.05) is 69.1 Å². The van der Waals surface area contributed by atoms with Crippen molar-refractivity contribution in [2.24, 2.45) is 0 Å². The summed E-state index contributed by atoms with van der Waals surface area (Å²) in [5.41, 5.74) is 3.50. The molecular formula is C31H31N3O6Si. The zero-order valence-corrected chi connectivity index (χ0v) is 24.9. The minimum atomic E-state index is -2.32. The molecule has 3 aromatic rings. The monoisotopic (exact) mass is 569 g/mol. The lowest BCUT2D eigenvalue weighted by molar-refractivity contribution is -0.172. The van der Waals surface area contributed by atoms with Crippen molar-refractivity contribution in [1.82, 2.24) is 5.06 Å². The van der Waals surface area contributed by atoms with Crippen LogP contribution in [0.25, 0.3) is 0 Å². The highest BCUT2D eigenvalue weighted by Gasteiger charge is 2.56. The zero-order chi connectivity index (χ0) is 29.4. The SMILES string of the molecule is CN(C)c1ccc2c(c1)[Si](C)(C)c1cc(N(C)C)ccc1C21OC(=O)c2ccc(C(=O)ON3C(=O)CCC3=O)cc21. The van der Waals surface area contributed by atoms with Gasteiger partial charge in [-0.1, -0.05) is 25.2 Å². The Morgan fingerprint density at radius 2 is 1.34 bits per heavy atom. The third-order valence-corrected chi connectivity index (χ3v) is 11.9. The third-order valence-electron chi connectivity index (χ3n) is 8.42. The third kappa shape index (κ3) is 3.81. The van der Waals surface area contributed by atoms with Gasteiger partial charge in [-0.3, -0.25) is 9.59 Å². The van der Waals surface area contributed by atoms with Gasteiger partial charge in [0.25, 0.3) is 11.8 Å². The summed E-state index contributed by atoms with van der Waals surface area (Å²) in [6.07, 6.45) is -0.00224. The largest absolute Gasteiger partial charge is 0.441 e. The molecule has 6 rings (SSSR count). The van der Waals surface area contributed by atoms with Crippen molar-refractivity contribution < 1.29 is 28.8 Å². The smallest absolute Gasteiger partial charge is 0.363 e. The van der Waals surface area contributed by atoms with E-state index in [9.17, 15) is 19.2 Å². The molecular weight excluding hydrogens is 538 g/mol. The number of hydrogen-bond acceptors (Lipinski definition) is 8. The van der Waals surface area contributed by atoms with E-state index >= 15 is 0 Å². The summed E-state index contributed by atoms with van der Waals surface area (Å²) in [5, 5.41) is 2.79. The lowest BCUT2D eigenvalue weighted by Crippen LogP contribution is -2.63. The van der Waals surface area contributed by atoms with E-state index in [1.807, 2.05) is 62.3 Å². The Morgan fingerprint density at radius 3 is 1.85 bits per heavy atom. The van der Waals surface area contributed by atoms with Crippen molar-refractivity contribution in [2.45, 2.75) is 31.5 Å². The first kappa shape index (κ1) is 26.8. The summed E-state index contributed by atoms with van der Waals surface area (Å²) in [7, 11) is 5.65. The van der Waals surface area contributed by atoms with Gasteiger partial charge < -0.3 is 19.4 Å². The topological polar surface area (TPSA) is 96.5 Å². The summed E-state index contributed by atoms with van der Waals surface area (Å²) < 4.78 is 6.39. The Bertz CT molecular complexity index is 1600. The molecule has 41 heavy (non-hydrogen) atoms. The predicted octanol–water partition coefficient (Wildman–Crippen LogP) is 2.64. The molecule has 0 aliphatic carbocycles. The molecule has 0 bridgehead atoms. The number of ether oxygens (including phenoxy) is 1. The van der Waals surface area contributed by atoms with Crippen molar-refractivity contribution in [3.05, 3.63) is 82.4 Å². The number of esters is 1. The summed E-state index contributed by atoms with van der Waals surface area (Å²) in [4.78, 5) is 60.1. The average molecular weight is 570 g/mol. The van der Waals surface area contributed by atoms with Crippen LogP contribution in [0.4, 0.5) is 11.4 Å². The molecule has 0 atom stereocenters. The minimum absolute atomic E-state index is 0.00112. The van der Waals surface area contributed by atoms with Crippen molar-refractivity contribution in [3.63, 3.8) is 0 Å². The molecule has 0 saturated carbocycles. The second-order valence-electron chi connectivity index (χ2n) is 11.7. The molecule has 3 aliphatic rings. The number of imide groups is 1. The number of carbonyl (C=O) groups excluding carboxylic acids is 4. The normalized spacial score (nSPS) is 17.6. The van der Waals surface area contributed by atoms with E-state index in [0.717, 1.165) is 32.9 Å². The van der Waals surface area contributed by atoms with Crippen molar-refractivity contribution in [1.29, 1.82) is 0 Å². The minimum Gasteiger partial charge on any atom is -0.441 e. The van der Waals surface area contributed by atoms with E-state index in [0.29, 0.717) is 16.2 Å². The van der Waals surface area contributed by atoms with Gasteiger partial charge >= 0.3 is 11.9 Å². The average Bonchev–Trinajstić information content (AvgIpc) is 3.42. The highest BCUT2D eigenvalue weighted by atomic mass is 28.3. The van der Waals surface area contributed by atoms with Crippen LogP contribution in [-0.2, 0) is 24.8 Å². The number of nitrogens with zero attached hydrogens (tertiary/aromatic N) is 3. The lowest BCUT2D eigenvalue weighted by Gasteiger charge is -2.44. The van der Waals surface area contributed by atoms with Crippen LogP contribution in [0, 0.1) is 0 Å². The number of rotatable bonds is 4. The quantitative estimate of drug-likeness (QED) is 0.269. The molecule has 0 unspecified atom stereocenters. The molecule has 0 N–H and O–H groups in total. The van der Waals surface area contributed by atoms with E-state index in [1.165, 1.54) is 6.07 Å². The van der Waals surface area contributed by atoms with E-state index in [1.54, 1.807) is 12.1 Å². The van der Waals surface area contributed by atoms with Crippen LogP contribution in [-0.4, -0.2) is 65.1 Å². The second kappa shape index (κ2) is 9.03. The van der Waals surface area contributed by atoms with Gasteiger partial charge in [-0.25, -0.2) is 9.59 Å². The number of hydrogen-bond donors (Lipinski definition) is 0. The number of anilines is 2. The predicted molar refractivity (Wildman–Crippen MR) is 157 cm³/mol. The van der Waals surface area contributed by atoms with Crippen molar-refractivity contribution in [2.75, 3.05) is 38.0 Å². The van der Waals surface area contributed by atoms with Crippen LogP contribution in [0.5, 0.6) is 0 Å². The van der Waals surface area contributed by atoms with Gasteiger partial charge in [0.1, 0.15) is 8.07 Å². The highest BCUT2D eigenvalue weighted by Crippen LogP contribution is 2.49. The molecule has 10 heteroatoms. The second-order valence-corrected chi connectivity index (χ2v) is 16.0. The number of carbonyl (C=O) groups is 4. The summed E-state index contributed by atoms with van der Waals surface area (Å²) in [6, 6.07) is 17.1. The van der Waals surface area contributed by atoms with Crippen LogP contribution in [0.1, 0.15) is 50.2 Å². The number of benzene rings is 3. The fourth-order valence-electron chi connectivity index (χ4n) is 6.14.